The number of rotatable bonds is 5. The molecule has 0 bridgehead atoms. The molecule has 1 unspecified atom stereocenters. The highest BCUT2D eigenvalue weighted by Crippen LogP contribution is 2.39. The molecule has 7 heteroatoms. The molecular formula is C14H17N3O4. The van der Waals surface area contributed by atoms with E-state index in [0.717, 1.165) is 12.8 Å². The van der Waals surface area contributed by atoms with Gasteiger partial charge in [-0.3, -0.25) is 4.79 Å². The van der Waals surface area contributed by atoms with Crippen LogP contribution < -0.4 is 16.4 Å². The van der Waals surface area contributed by atoms with Crippen molar-refractivity contribution in [2.75, 3.05) is 5.32 Å². The van der Waals surface area contributed by atoms with E-state index in [2.05, 4.69) is 10.6 Å². The van der Waals surface area contributed by atoms with Gasteiger partial charge in [-0.1, -0.05) is 6.07 Å². The van der Waals surface area contributed by atoms with Crippen molar-refractivity contribution in [1.29, 1.82) is 0 Å². The van der Waals surface area contributed by atoms with Crippen LogP contribution in [0.25, 0.3) is 0 Å². The largest absolute Gasteiger partial charge is 0.480 e. The lowest BCUT2D eigenvalue weighted by atomic mass is 9.96. The number of carboxylic acid groups (broad SMARTS) is 1. The maximum absolute atomic E-state index is 11.9. The molecule has 1 fully saturated rings. The van der Waals surface area contributed by atoms with Crippen LogP contribution in [0, 0.1) is 5.92 Å². The summed E-state index contributed by atoms with van der Waals surface area (Å²) in [5, 5.41) is 14.3. The van der Waals surface area contributed by atoms with Crippen LogP contribution in [-0.4, -0.2) is 28.6 Å². The van der Waals surface area contributed by atoms with Crippen LogP contribution in [0.2, 0.25) is 0 Å². The molecule has 112 valence electrons. The Kier molecular flexibility index (Phi) is 3.84. The van der Waals surface area contributed by atoms with Gasteiger partial charge in [-0.2, -0.15) is 0 Å². The molecule has 1 saturated carbocycles. The zero-order valence-electron chi connectivity index (χ0n) is 11.6. The minimum Gasteiger partial charge on any atom is -0.480 e. The molecule has 2 rings (SSSR count). The molecule has 21 heavy (non-hydrogen) atoms. The Labute approximate surface area is 121 Å². The van der Waals surface area contributed by atoms with Gasteiger partial charge in [0.05, 0.1) is 0 Å². The summed E-state index contributed by atoms with van der Waals surface area (Å²) in [5.41, 5.74) is 4.50. The first-order chi connectivity index (χ1) is 9.83. The first kappa shape index (κ1) is 14.8. The predicted octanol–water partition coefficient (Wildman–Crippen LogP) is 1.16. The SMILES string of the molecule is CC(NC(=O)Nc1cccc(C(N)=O)c1)(C(=O)O)C1CC1. The van der Waals surface area contributed by atoms with E-state index in [0.29, 0.717) is 5.69 Å². The number of nitrogens with two attached hydrogens (primary N) is 1. The molecule has 0 radical (unpaired) electrons. The molecule has 0 spiro atoms. The summed E-state index contributed by atoms with van der Waals surface area (Å²) in [6.07, 6.45) is 1.56. The molecule has 0 heterocycles. The van der Waals surface area contributed by atoms with Gasteiger partial charge in [-0.25, -0.2) is 9.59 Å². The van der Waals surface area contributed by atoms with Gasteiger partial charge in [0.25, 0.3) is 0 Å². The van der Waals surface area contributed by atoms with Gasteiger partial charge in [0.15, 0.2) is 0 Å². The molecule has 0 saturated heterocycles. The third kappa shape index (κ3) is 3.31. The van der Waals surface area contributed by atoms with E-state index in [1.54, 1.807) is 12.1 Å². The smallest absolute Gasteiger partial charge is 0.329 e. The standard InChI is InChI=1S/C14H17N3O4/c1-14(12(19)20,9-5-6-9)17-13(21)16-10-4-2-3-8(7-10)11(15)18/h2-4,7,9H,5-6H2,1H3,(H2,15,18)(H,19,20)(H2,16,17,21). The van der Waals surface area contributed by atoms with Crippen LogP contribution in [-0.2, 0) is 4.79 Å². The second-order valence-corrected chi connectivity index (χ2v) is 5.31. The lowest BCUT2D eigenvalue weighted by molar-refractivity contribution is -0.144. The fourth-order valence-electron chi connectivity index (χ4n) is 2.14. The molecule has 1 aromatic rings. The number of primary amides is 1. The third-order valence-corrected chi connectivity index (χ3v) is 3.62. The van der Waals surface area contributed by atoms with E-state index in [1.165, 1.54) is 19.1 Å². The highest BCUT2D eigenvalue weighted by molar-refractivity contribution is 5.97. The van der Waals surface area contributed by atoms with E-state index < -0.39 is 23.4 Å². The number of carbonyl (C=O) groups excluding carboxylic acids is 2. The number of anilines is 1. The molecule has 1 aliphatic rings. The number of urea groups is 1. The number of hydrogen-bond donors (Lipinski definition) is 4. The first-order valence-corrected chi connectivity index (χ1v) is 6.55. The summed E-state index contributed by atoms with van der Waals surface area (Å²) in [6, 6.07) is 5.48. The van der Waals surface area contributed by atoms with E-state index >= 15 is 0 Å². The van der Waals surface area contributed by atoms with Gasteiger partial charge in [0.2, 0.25) is 5.91 Å². The van der Waals surface area contributed by atoms with Crippen molar-refractivity contribution in [3.05, 3.63) is 29.8 Å². The van der Waals surface area contributed by atoms with Crippen molar-refractivity contribution < 1.29 is 19.5 Å². The molecule has 7 nitrogen and oxygen atoms in total. The lowest BCUT2D eigenvalue weighted by Gasteiger charge is -2.26. The van der Waals surface area contributed by atoms with Crippen molar-refractivity contribution in [3.8, 4) is 0 Å². The van der Waals surface area contributed by atoms with Gasteiger partial charge in [0, 0.05) is 11.3 Å². The minimum atomic E-state index is -1.29. The van der Waals surface area contributed by atoms with E-state index in [1.807, 2.05) is 0 Å². The highest BCUT2D eigenvalue weighted by atomic mass is 16.4. The summed E-state index contributed by atoms with van der Waals surface area (Å²) in [6.45, 7) is 1.49. The molecule has 0 aromatic heterocycles. The lowest BCUT2D eigenvalue weighted by Crippen LogP contribution is -2.55. The summed E-state index contributed by atoms with van der Waals surface area (Å²) >= 11 is 0. The van der Waals surface area contributed by atoms with Gasteiger partial charge in [-0.15, -0.1) is 0 Å². The van der Waals surface area contributed by atoms with E-state index in [4.69, 9.17) is 5.73 Å². The summed E-state index contributed by atoms with van der Waals surface area (Å²) in [7, 11) is 0. The maximum Gasteiger partial charge on any atom is 0.329 e. The average Bonchev–Trinajstić information content (AvgIpc) is 3.22. The van der Waals surface area contributed by atoms with Gasteiger partial charge < -0.3 is 21.5 Å². The highest BCUT2D eigenvalue weighted by Gasteiger charge is 2.48. The van der Waals surface area contributed by atoms with Crippen LogP contribution in [0.1, 0.15) is 30.1 Å². The molecular weight excluding hydrogens is 274 g/mol. The maximum atomic E-state index is 11.9. The van der Waals surface area contributed by atoms with Gasteiger partial charge in [0.1, 0.15) is 5.54 Å². The topological polar surface area (TPSA) is 122 Å². The van der Waals surface area contributed by atoms with Crippen LogP contribution >= 0.6 is 0 Å². The van der Waals surface area contributed by atoms with E-state index in [9.17, 15) is 19.5 Å². The number of benzene rings is 1. The molecule has 0 aliphatic heterocycles. The number of amides is 3. The van der Waals surface area contributed by atoms with Gasteiger partial charge >= 0.3 is 12.0 Å². The summed E-state index contributed by atoms with van der Waals surface area (Å²) in [4.78, 5) is 34.3. The first-order valence-electron chi connectivity index (χ1n) is 6.55. The Hall–Kier alpha value is -2.57. The zero-order valence-corrected chi connectivity index (χ0v) is 11.6. The van der Waals surface area contributed by atoms with Crippen LogP contribution in [0.4, 0.5) is 10.5 Å². The Balaban J connectivity index is 2.06. The Morgan fingerprint density at radius 1 is 1.33 bits per heavy atom. The number of hydrogen-bond acceptors (Lipinski definition) is 3. The number of carboxylic acids is 1. The number of nitrogens with one attached hydrogen (secondary N) is 2. The number of aliphatic carboxylic acids is 1. The minimum absolute atomic E-state index is 0.0577. The van der Waals surface area contributed by atoms with E-state index in [-0.39, 0.29) is 11.5 Å². The molecule has 1 atom stereocenters. The monoisotopic (exact) mass is 291 g/mol. The quantitative estimate of drug-likeness (QED) is 0.650. The Morgan fingerprint density at radius 2 is 2.00 bits per heavy atom. The molecule has 1 aliphatic carbocycles. The zero-order chi connectivity index (χ0) is 15.6. The van der Waals surface area contributed by atoms with Crippen molar-refractivity contribution >= 4 is 23.6 Å². The Bertz CT molecular complexity index is 598. The fraction of sp³-hybridized carbons (Fsp3) is 0.357. The second-order valence-electron chi connectivity index (χ2n) is 5.31. The van der Waals surface area contributed by atoms with Gasteiger partial charge in [-0.05, 0) is 43.9 Å². The van der Waals surface area contributed by atoms with Crippen molar-refractivity contribution in [2.45, 2.75) is 25.3 Å². The second kappa shape index (κ2) is 5.43. The Morgan fingerprint density at radius 3 is 2.52 bits per heavy atom. The molecule has 5 N–H and O–H groups in total. The predicted molar refractivity (Wildman–Crippen MR) is 75.9 cm³/mol. The summed E-state index contributed by atoms with van der Waals surface area (Å²) in [5.74, 6) is -1.73. The number of carbonyl (C=O) groups is 3. The van der Waals surface area contributed by atoms with Crippen molar-refractivity contribution in [1.82, 2.24) is 5.32 Å². The van der Waals surface area contributed by atoms with Crippen molar-refractivity contribution in [3.63, 3.8) is 0 Å². The summed E-state index contributed by atoms with van der Waals surface area (Å²) < 4.78 is 0. The van der Waals surface area contributed by atoms with Crippen LogP contribution in [0.5, 0.6) is 0 Å². The normalized spacial score (nSPS) is 16.6. The van der Waals surface area contributed by atoms with Crippen LogP contribution in [0.15, 0.2) is 24.3 Å². The third-order valence-electron chi connectivity index (χ3n) is 3.62. The molecule has 1 aromatic carbocycles. The fourth-order valence-corrected chi connectivity index (χ4v) is 2.14. The average molecular weight is 291 g/mol. The van der Waals surface area contributed by atoms with Crippen LogP contribution in [0.3, 0.4) is 0 Å². The molecule has 3 amide bonds. The van der Waals surface area contributed by atoms with Crippen molar-refractivity contribution in [2.24, 2.45) is 11.7 Å².